The third kappa shape index (κ3) is 3.97. The fraction of sp³-hybridized carbons (Fsp3) is 0.500. The van der Waals surface area contributed by atoms with E-state index in [-0.39, 0.29) is 11.9 Å². The van der Waals surface area contributed by atoms with Crippen LogP contribution in [0.4, 0.5) is 0 Å². The minimum atomic E-state index is -0.489. The molecule has 2 aromatic rings. The van der Waals surface area contributed by atoms with E-state index in [0.29, 0.717) is 25.4 Å². The van der Waals surface area contributed by atoms with E-state index >= 15 is 0 Å². The number of carbonyl (C=O) groups excluding carboxylic acids is 1. The van der Waals surface area contributed by atoms with Crippen molar-refractivity contribution >= 4 is 5.91 Å². The molecule has 1 fully saturated rings. The molecule has 6 nitrogen and oxygen atoms in total. The van der Waals surface area contributed by atoms with Crippen molar-refractivity contribution in [3.63, 3.8) is 0 Å². The van der Waals surface area contributed by atoms with Crippen LogP contribution in [-0.4, -0.2) is 39.5 Å². The average molecular weight is 355 g/mol. The van der Waals surface area contributed by atoms with Crippen molar-refractivity contribution < 1.29 is 14.6 Å². The zero-order valence-corrected chi connectivity index (χ0v) is 14.8. The Kier molecular flexibility index (Phi) is 5.04. The molecule has 0 bridgehead atoms. The summed E-state index contributed by atoms with van der Waals surface area (Å²) in [5.41, 5.74) is 3.49. The molecule has 26 heavy (non-hydrogen) atoms. The molecule has 3 atom stereocenters. The lowest BCUT2D eigenvalue weighted by Gasteiger charge is -2.19. The monoisotopic (exact) mass is 355 g/mol. The molecule has 1 amide bonds. The van der Waals surface area contributed by atoms with Crippen LogP contribution in [0.5, 0.6) is 0 Å². The van der Waals surface area contributed by atoms with Crippen LogP contribution < -0.4 is 5.32 Å². The predicted molar refractivity (Wildman–Crippen MR) is 96.4 cm³/mol. The number of benzene rings is 1. The number of fused-ring (bicyclic) bond motifs is 1. The van der Waals surface area contributed by atoms with Gasteiger partial charge in [0.1, 0.15) is 0 Å². The molecule has 0 spiro atoms. The molecule has 2 heterocycles. The maximum atomic E-state index is 12.4. The van der Waals surface area contributed by atoms with Crippen molar-refractivity contribution in [1.29, 1.82) is 0 Å². The Morgan fingerprint density at radius 3 is 3.12 bits per heavy atom. The second-order valence-electron chi connectivity index (χ2n) is 7.39. The third-order valence-corrected chi connectivity index (χ3v) is 5.39. The number of aliphatic hydroxyl groups is 1. The molecule has 1 unspecified atom stereocenters. The van der Waals surface area contributed by atoms with Crippen molar-refractivity contribution in [1.82, 2.24) is 15.1 Å². The van der Waals surface area contributed by atoms with Gasteiger partial charge in [0.2, 0.25) is 5.91 Å². The maximum absolute atomic E-state index is 12.4. The fourth-order valence-electron chi connectivity index (χ4n) is 4.07. The highest BCUT2D eigenvalue weighted by atomic mass is 16.5. The molecule has 1 aromatic carbocycles. The molecule has 138 valence electrons. The van der Waals surface area contributed by atoms with Crippen LogP contribution >= 0.6 is 0 Å². The van der Waals surface area contributed by atoms with E-state index < -0.39 is 6.10 Å². The van der Waals surface area contributed by atoms with E-state index in [0.717, 1.165) is 31.6 Å². The number of aliphatic hydroxyl groups excluding tert-OH is 1. The van der Waals surface area contributed by atoms with Crippen LogP contribution in [0.1, 0.15) is 29.5 Å². The summed E-state index contributed by atoms with van der Waals surface area (Å²) in [6.07, 6.45) is 5.95. The largest absolute Gasteiger partial charge is 0.391 e. The number of amides is 1. The molecular formula is C20H25N3O3. The Labute approximate surface area is 153 Å². The normalized spacial score (nSPS) is 25.0. The lowest BCUT2D eigenvalue weighted by atomic mass is 9.99. The number of hydrogen-bond donors (Lipinski definition) is 2. The Hall–Kier alpha value is -2.18. The van der Waals surface area contributed by atoms with Gasteiger partial charge in [-0.1, -0.05) is 18.2 Å². The van der Waals surface area contributed by atoms with Gasteiger partial charge in [-0.2, -0.15) is 5.10 Å². The number of nitrogens with zero attached hydrogens (tertiary/aromatic N) is 2. The van der Waals surface area contributed by atoms with E-state index in [1.807, 2.05) is 23.0 Å². The second kappa shape index (κ2) is 7.60. The van der Waals surface area contributed by atoms with Gasteiger partial charge in [-0.25, -0.2) is 0 Å². The van der Waals surface area contributed by atoms with E-state index in [2.05, 4.69) is 22.5 Å². The third-order valence-electron chi connectivity index (χ3n) is 5.39. The van der Waals surface area contributed by atoms with Gasteiger partial charge < -0.3 is 15.2 Å². The van der Waals surface area contributed by atoms with Crippen LogP contribution in [0.3, 0.4) is 0 Å². The zero-order chi connectivity index (χ0) is 17.9. The predicted octanol–water partition coefficient (Wildman–Crippen LogP) is 1.45. The van der Waals surface area contributed by atoms with Crippen LogP contribution in [0.15, 0.2) is 36.7 Å². The van der Waals surface area contributed by atoms with E-state index in [9.17, 15) is 9.90 Å². The fourth-order valence-corrected chi connectivity index (χ4v) is 4.07. The molecule has 4 rings (SSSR count). The SMILES string of the molecule is O=C(Cc1ccc2c(c1)COCC2)N[C@@H]1CC(Cn2cccn2)C[C@H]1O. The van der Waals surface area contributed by atoms with Gasteiger partial charge in [0.25, 0.3) is 0 Å². The van der Waals surface area contributed by atoms with E-state index in [4.69, 9.17) is 4.74 Å². The van der Waals surface area contributed by atoms with Crippen LogP contribution in [0.2, 0.25) is 0 Å². The summed E-state index contributed by atoms with van der Waals surface area (Å²) in [7, 11) is 0. The highest BCUT2D eigenvalue weighted by Crippen LogP contribution is 2.27. The van der Waals surface area contributed by atoms with Gasteiger partial charge in [0.05, 0.1) is 31.8 Å². The van der Waals surface area contributed by atoms with Crippen LogP contribution in [0.25, 0.3) is 0 Å². The first-order valence-corrected chi connectivity index (χ1v) is 9.30. The number of nitrogens with one attached hydrogen (secondary N) is 1. The van der Waals surface area contributed by atoms with Crippen molar-refractivity contribution in [3.05, 3.63) is 53.3 Å². The minimum Gasteiger partial charge on any atom is -0.391 e. The molecule has 2 aliphatic rings. The minimum absolute atomic E-state index is 0.0366. The van der Waals surface area contributed by atoms with Gasteiger partial charge in [-0.15, -0.1) is 0 Å². The van der Waals surface area contributed by atoms with Gasteiger partial charge >= 0.3 is 0 Å². The summed E-state index contributed by atoms with van der Waals surface area (Å²) in [5, 5.41) is 17.5. The first kappa shape index (κ1) is 17.2. The number of ether oxygens (including phenoxy) is 1. The topological polar surface area (TPSA) is 76.4 Å². The molecule has 6 heteroatoms. The summed E-state index contributed by atoms with van der Waals surface area (Å²) in [6, 6.07) is 7.91. The molecule has 1 aliphatic carbocycles. The number of hydrogen-bond acceptors (Lipinski definition) is 4. The molecule has 1 aromatic heterocycles. The molecule has 0 saturated heterocycles. The highest BCUT2D eigenvalue weighted by molar-refractivity contribution is 5.79. The van der Waals surface area contributed by atoms with E-state index in [1.54, 1.807) is 6.20 Å². The van der Waals surface area contributed by atoms with Gasteiger partial charge in [0.15, 0.2) is 0 Å². The molecular weight excluding hydrogens is 330 g/mol. The zero-order valence-electron chi connectivity index (χ0n) is 14.8. The second-order valence-corrected chi connectivity index (χ2v) is 7.39. The quantitative estimate of drug-likeness (QED) is 0.851. The lowest BCUT2D eigenvalue weighted by molar-refractivity contribution is -0.121. The summed E-state index contributed by atoms with van der Waals surface area (Å²) in [5.74, 6) is 0.293. The first-order valence-electron chi connectivity index (χ1n) is 9.30. The van der Waals surface area contributed by atoms with Crippen molar-refractivity contribution in [3.8, 4) is 0 Å². The molecule has 2 N–H and O–H groups in total. The Morgan fingerprint density at radius 1 is 1.35 bits per heavy atom. The van der Waals surface area contributed by atoms with Crippen LogP contribution in [-0.2, 0) is 35.5 Å². The number of rotatable bonds is 5. The lowest BCUT2D eigenvalue weighted by Crippen LogP contribution is -2.40. The summed E-state index contributed by atoms with van der Waals surface area (Å²) in [4.78, 5) is 12.4. The summed E-state index contributed by atoms with van der Waals surface area (Å²) >= 11 is 0. The summed E-state index contributed by atoms with van der Waals surface area (Å²) < 4.78 is 7.38. The Morgan fingerprint density at radius 2 is 2.27 bits per heavy atom. The smallest absolute Gasteiger partial charge is 0.224 e. The molecule has 1 saturated carbocycles. The Balaban J connectivity index is 1.31. The highest BCUT2D eigenvalue weighted by Gasteiger charge is 2.34. The van der Waals surface area contributed by atoms with Gasteiger partial charge in [-0.3, -0.25) is 9.48 Å². The van der Waals surface area contributed by atoms with Crippen LogP contribution in [0, 0.1) is 5.92 Å². The Bertz CT molecular complexity index is 760. The van der Waals surface area contributed by atoms with Crippen molar-refractivity contribution in [2.45, 2.75) is 51.0 Å². The number of carbonyl (C=O) groups is 1. The molecule has 1 aliphatic heterocycles. The van der Waals surface area contributed by atoms with E-state index in [1.165, 1.54) is 11.1 Å². The number of aromatic nitrogens is 2. The van der Waals surface area contributed by atoms with Gasteiger partial charge in [0, 0.05) is 18.9 Å². The van der Waals surface area contributed by atoms with Crippen molar-refractivity contribution in [2.24, 2.45) is 5.92 Å². The van der Waals surface area contributed by atoms with Crippen molar-refractivity contribution in [2.75, 3.05) is 6.61 Å². The summed E-state index contributed by atoms with van der Waals surface area (Å²) in [6.45, 7) is 2.18. The van der Waals surface area contributed by atoms with Gasteiger partial charge in [-0.05, 0) is 47.9 Å². The average Bonchev–Trinajstić information content (AvgIpc) is 3.25. The molecule has 0 radical (unpaired) electrons. The standard InChI is InChI=1S/C20H25N3O3/c24-19-10-15(12-23-6-1-5-21-23)9-18(19)22-20(25)11-14-2-3-16-4-7-26-13-17(16)8-14/h1-3,5-6,8,15,18-19,24H,4,7,9-13H2,(H,22,25)/t15?,18-,19-/m1/s1. The first-order chi connectivity index (χ1) is 12.7. The maximum Gasteiger partial charge on any atom is 0.224 e.